The largest absolute Gasteiger partial charge is 0.394 e. The van der Waals surface area contributed by atoms with Gasteiger partial charge in [-0.2, -0.15) is 5.10 Å². The molecule has 0 aromatic carbocycles. The van der Waals surface area contributed by atoms with E-state index in [4.69, 9.17) is 5.11 Å². The Kier molecular flexibility index (Phi) is 2.06. The van der Waals surface area contributed by atoms with Crippen molar-refractivity contribution in [1.29, 1.82) is 0 Å². The van der Waals surface area contributed by atoms with Crippen LogP contribution in [0.4, 0.5) is 0 Å². The van der Waals surface area contributed by atoms with E-state index in [0.29, 0.717) is 6.54 Å². The van der Waals surface area contributed by atoms with Gasteiger partial charge in [0.1, 0.15) is 0 Å². The SMILES string of the molecule is Cc1[c]c(C)n(CCO)n1. The molecule has 3 nitrogen and oxygen atoms in total. The standard InChI is InChI=1S/C7H11N2O/c1-6-5-7(2)9(8-6)3-4-10/h10H,3-4H2,1-2H3. The monoisotopic (exact) mass is 139 g/mol. The van der Waals surface area contributed by atoms with Gasteiger partial charge in [0.2, 0.25) is 0 Å². The van der Waals surface area contributed by atoms with Crippen LogP contribution in [-0.2, 0) is 6.54 Å². The number of aliphatic hydroxyl groups excluding tert-OH is 1. The first-order valence-corrected chi connectivity index (χ1v) is 3.28. The Morgan fingerprint density at radius 2 is 2.30 bits per heavy atom. The minimum Gasteiger partial charge on any atom is -0.394 e. The molecule has 0 aliphatic heterocycles. The molecule has 1 rings (SSSR count). The van der Waals surface area contributed by atoms with Gasteiger partial charge >= 0.3 is 0 Å². The summed E-state index contributed by atoms with van der Waals surface area (Å²) in [6.45, 7) is 4.52. The van der Waals surface area contributed by atoms with Gasteiger partial charge in [0.25, 0.3) is 0 Å². The summed E-state index contributed by atoms with van der Waals surface area (Å²) in [4.78, 5) is 0. The van der Waals surface area contributed by atoms with E-state index in [-0.39, 0.29) is 6.61 Å². The lowest BCUT2D eigenvalue weighted by molar-refractivity contribution is 0.268. The molecule has 55 valence electrons. The van der Waals surface area contributed by atoms with Crippen molar-refractivity contribution >= 4 is 0 Å². The smallest absolute Gasteiger partial charge is 0.0676 e. The third kappa shape index (κ3) is 1.36. The van der Waals surface area contributed by atoms with Gasteiger partial charge < -0.3 is 5.11 Å². The summed E-state index contributed by atoms with van der Waals surface area (Å²) < 4.78 is 1.75. The van der Waals surface area contributed by atoms with E-state index < -0.39 is 0 Å². The lowest BCUT2D eigenvalue weighted by atomic mass is 10.4. The Bertz CT molecular complexity index is 217. The van der Waals surface area contributed by atoms with Gasteiger partial charge in [0.05, 0.1) is 18.8 Å². The van der Waals surface area contributed by atoms with Crippen molar-refractivity contribution in [2.24, 2.45) is 0 Å². The first-order chi connectivity index (χ1) is 4.74. The number of nitrogens with zero attached hydrogens (tertiary/aromatic N) is 2. The van der Waals surface area contributed by atoms with Crippen LogP contribution >= 0.6 is 0 Å². The van der Waals surface area contributed by atoms with Crippen molar-refractivity contribution in [1.82, 2.24) is 9.78 Å². The Morgan fingerprint density at radius 3 is 2.70 bits per heavy atom. The summed E-state index contributed by atoms with van der Waals surface area (Å²) in [5, 5.41) is 12.7. The highest BCUT2D eigenvalue weighted by molar-refractivity contribution is 5.03. The van der Waals surface area contributed by atoms with Gasteiger partial charge in [-0.3, -0.25) is 4.68 Å². The number of aromatic nitrogens is 2. The fraction of sp³-hybridized carbons (Fsp3) is 0.571. The van der Waals surface area contributed by atoms with E-state index in [9.17, 15) is 0 Å². The van der Waals surface area contributed by atoms with Gasteiger partial charge in [-0.15, -0.1) is 0 Å². The fourth-order valence-corrected chi connectivity index (χ4v) is 0.920. The van der Waals surface area contributed by atoms with Crippen LogP contribution in [-0.4, -0.2) is 21.5 Å². The maximum absolute atomic E-state index is 8.58. The predicted molar refractivity (Wildman–Crippen MR) is 37.6 cm³/mol. The number of aryl methyl sites for hydroxylation is 2. The van der Waals surface area contributed by atoms with Crippen molar-refractivity contribution in [3.63, 3.8) is 0 Å². The molecule has 3 heteroatoms. The molecule has 0 unspecified atom stereocenters. The maximum atomic E-state index is 8.58. The molecule has 0 spiro atoms. The van der Waals surface area contributed by atoms with Crippen molar-refractivity contribution in [3.8, 4) is 0 Å². The number of hydrogen-bond acceptors (Lipinski definition) is 2. The van der Waals surface area contributed by atoms with E-state index >= 15 is 0 Å². The molecule has 1 aromatic heterocycles. The molecule has 10 heavy (non-hydrogen) atoms. The summed E-state index contributed by atoms with van der Waals surface area (Å²) in [5.74, 6) is 0. The molecular weight excluding hydrogens is 128 g/mol. The van der Waals surface area contributed by atoms with E-state index in [1.165, 1.54) is 0 Å². The van der Waals surface area contributed by atoms with Gasteiger partial charge in [-0.1, -0.05) is 0 Å². The van der Waals surface area contributed by atoms with E-state index in [0.717, 1.165) is 11.4 Å². The Morgan fingerprint density at radius 1 is 1.60 bits per heavy atom. The second-order valence-electron chi connectivity index (χ2n) is 2.24. The van der Waals surface area contributed by atoms with Crippen LogP contribution in [0.1, 0.15) is 11.4 Å². The highest BCUT2D eigenvalue weighted by Crippen LogP contribution is 1.98. The Labute approximate surface area is 60.3 Å². The normalized spacial score (nSPS) is 10.3. The molecule has 0 saturated carbocycles. The Hall–Kier alpha value is -0.830. The molecule has 1 radical (unpaired) electrons. The molecule has 1 N–H and O–H groups in total. The summed E-state index contributed by atoms with van der Waals surface area (Å²) in [5.41, 5.74) is 1.86. The highest BCUT2D eigenvalue weighted by atomic mass is 16.3. The van der Waals surface area contributed by atoms with Crippen molar-refractivity contribution in [2.75, 3.05) is 6.61 Å². The van der Waals surface area contributed by atoms with Gasteiger partial charge in [-0.25, -0.2) is 0 Å². The third-order valence-corrected chi connectivity index (χ3v) is 1.33. The quantitative estimate of drug-likeness (QED) is 0.639. The van der Waals surface area contributed by atoms with Gasteiger partial charge in [0, 0.05) is 11.8 Å². The summed E-state index contributed by atoms with van der Waals surface area (Å²) >= 11 is 0. The lowest BCUT2D eigenvalue weighted by Gasteiger charge is -1.98. The molecule has 0 amide bonds. The second kappa shape index (κ2) is 2.84. The minimum atomic E-state index is 0.135. The molecule has 0 bridgehead atoms. The van der Waals surface area contributed by atoms with Crippen LogP contribution in [0.25, 0.3) is 0 Å². The predicted octanol–water partition coefficient (Wildman–Crippen LogP) is 0.292. The maximum Gasteiger partial charge on any atom is 0.0676 e. The van der Waals surface area contributed by atoms with Gasteiger partial charge in [0.15, 0.2) is 0 Å². The molecule has 0 aliphatic carbocycles. The first kappa shape index (κ1) is 7.28. The molecular formula is C7H11N2O. The van der Waals surface area contributed by atoms with Gasteiger partial charge in [-0.05, 0) is 13.8 Å². The second-order valence-corrected chi connectivity index (χ2v) is 2.24. The van der Waals surface area contributed by atoms with E-state index in [1.807, 2.05) is 13.8 Å². The molecule has 1 heterocycles. The number of rotatable bonds is 2. The molecule has 0 aliphatic rings. The van der Waals surface area contributed by atoms with Crippen LogP contribution in [0.2, 0.25) is 0 Å². The van der Waals surface area contributed by atoms with E-state index in [1.54, 1.807) is 4.68 Å². The molecule has 1 aromatic rings. The average molecular weight is 139 g/mol. The molecule has 0 atom stereocenters. The number of hydrogen-bond donors (Lipinski definition) is 1. The summed E-state index contributed by atoms with van der Waals surface area (Å²) in [6.07, 6.45) is 0. The topological polar surface area (TPSA) is 38.0 Å². The molecule has 0 fully saturated rings. The molecule has 0 saturated heterocycles. The fourth-order valence-electron chi connectivity index (χ4n) is 0.920. The number of aliphatic hydroxyl groups is 1. The highest BCUT2D eigenvalue weighted by Gasteiger charge is 1.98. The zero-order chi connectivity index (χ0) is 7.56. The van der Waals surface area contributed by atoms with Crippen molar-refractivity contribution in [3.05, 3.63) is 17.5 Å². The lowest BCUT2D eigenvalue weighted by Crippen LogP contribution is -2.05. The Balaban J connectivity index is 2.81. The van der Waals surface area contributed by atoms with Crippen LogP contribution in [0, 0.1) is 19.9 Å². The zero-order valence-corrected chi connectivity index (χ0v) is 6.26. The zero-order valence-electron chi connectivity index (χ0n) is 6.26. The van der Waals surface area contributed by atoms with Crippen LogP contribution in [0.5, 0.6) is 0 Å². The average Bonchev–Trinajstić information content (AvgIpc) is 2.13. The summed E-state index contributed by atoms with van der Waals surface area (Å²) in [7, 11) is 0. The first-order valence-electron chi connectivity index (χ1n) is 3.28. The third-order valence-electron chi connectivity index (χ3n) is 1.33. The van der Waals surface area contributed by atoms with Crippen LogP contribution in [0.15, 0.2) is 0 Å². The van der Waals surface area contributed by atoms with Crippen LogP contribution < -0.4 is 0 Å². The minimum absolute atomic E-state index is 0.135. The van der Waals surface area contributed by atoms with Crippen molar-refractivity contribution < 1.29 is 5.11 Å². The van der Waals surface area contributed by atoms with E-state index in [2.05, 4.69) is 11.2 Å². The van der Waals surface area contributed by atoms with Crippen LogP contribution in [0.3, 0.4) is 0 Å². The summed E-state index contributed by atoms with van der Waals surface area (Å²) in [6, 6.07) is 3.03. The van der Waals surface area contributed by atoms with Crippen molar-refractivity contribution in [2.45, 2.75) is 20.4 Å².